The molecule has 16 heavy (non-hydrogen) atoms. The Morgan fingerprint density at radius 2 is 1.88 bits per heavy atom. The maximum absolute atomic E-state index is 11.2. The van der Waals surface area contributed by atoms with Gasteiger partial charge in [0.05, 0.1) is 17.4 Å². The average molecular weight is 222 g/mol. The van der Waals surface area contributed by atoms with Crippen LogP contribution in [0.1, 0.15) is 10.4 Å². The van der Waals surface area contributed by atoms with Crippen molar-refractivity contribution < 1.29 is 9.90 Å². The van der Waals surface area contributed by atoms with Crippen LogP contribution in [0.4, 0.5) is 0 Å². The van der Waals surface area contributed by atoms with Gasteiger partial charge in [0.2, 0.25) is 0 Å². The van der Waals surface area contributed by atoms with E-state index in [-0.39, 0.29) is 11.3 Å². The van der Waals surface area contributed by atoms with E-state index in [1.54, 1.807) is 0 Å². The van der Waals surface area contributed by atoms with Crippen LogP contribution >= 0.6 is 0 Å². The quantitative estimate of drug-likeness (QED) is 0.598. The second-order valence-corrected chi connectivity index (χ2v) is 2.93. The Kier molecular flexibility index (Phi) is 2.16. The first kappa shape index (κ1) is 9.90. The van der Waals surface area contributed by atoms with Gasteiger partial charge in [-0.2, -0.15) is 0 Å². The van der Waals surface area contributed by atoms with Gasteiger partial charge in [-0.3, -0.25) is 4.98 Å². The number of nitrogens with zero attached hydrogens (tertiary/aromatic N) is 2. The number of rotatable bonds is 2. The third-order valence-corrected chi connectivity index (χ3v) is 1.91. The van der Waals surface area contributed by atoms with Gasteiger partial charge >= 0.3 is 17.3 Å². The molecule has 0 atom stereocenters. The fraction of sp³-hybridized carbons (Fsp3) is 0. The molecule has 82 valence electrons. The third-order valence-electron chi connectivity index (χ3n) is 1.91. The first-order chi connectivity index (χ1) is 7.59. The third kappa shape index (κ3) is 1.52. The van der Waals surface area contributed by atoms with Crippen LogP contribution in [0.25, 0.3) is 5.69 Å². The lowest BCUT2D eigenvalue weighted by Crippen LogP contribution is -2.24. The topological polar surface area (TPSA) is 121 Å². The van der Waals surface area contributed by atoms with Crippen LogP contribution in [0.5, 0.6) is 0 Å². The smallest absolute Gasteiger partial charge is 0.349 e. The van der Waals surface area contributed by atoms with Crippen molar-refractivity contribution in [3.8, 4) is 5.69 Å². The Labute approximate surface area is 87.2 Å². The maximum atomic E-state index is 11.2. The summed E-state index contributed by atoms with van der Waals surface area (Å²) in [6.07, 6.45) is 2.34. The zero-order chi connectivity index (χ0) is 11.7. The Bertz CT molecular complexity index is 623. The molecule has 0 bridgehead atoms. The molecule has 3 N–H and O–H groups in total. The highest BCUT2D eigenvalue weighted by molar-refractivity contribution is 5.87. The van der Waals surface area contributed by atoms with Crippen molar-refractivity contribution in [2.75, 3.05) is 0 Å². The van der Waals surface area contributed by atoms with Crippen molar-refractivity contribution >= 4 is 5.97 Å². The summed E-state index contributed by atoms with van der Waals surface area (Å²) in [6, 6.07) is 1.18. The molecule has 0 aliphatic heterocycles. The molecule has 0 aliphatic rings. The first-order valence-corrected chi connectivity index (χ1v) is 4.18. The van der Waals surface area contributed by atoms with E-state index in [0.29, 0.717) is 0 Å². The molecule has 2 aromatic rings. The van der Waals surface area contributed by atoms with Crippen LogP contribution in [0.3, 0.4) is 0 Å². The Morgan fingerprint density at radius 3 is 2.44 bits per heavy atom. The highest BCUT2D eigenvalue weighted by atomic mass is 16.4. The lowest BCUT2D eigenvalue weighted by atomic mass is 10.2. The number of H-pyrrole nitrogens is 2. The molecule has 0 saturated carbocycles. The molecule has 0 saturated heterocycles. The van der Waals surface area contributed by atoms with Crippen molar-refractivity contribution in [1.29, 1.82) is 0 Å². The lowest BCUT2D eigenvalue weighted by Gasteiger charge is -1.99. The van der Waals surface area contributed by atoms with Crippen molar-refractivity contribution in [3.05, 3.63) is 45.0 Å². The number of hydrogen-bond donors (Lipinski definition) is 3. The monoisotopic (exact) mass is 222 g/mol. The van der Waals surface area contributed by atoms with E-state index in [0.717, 1.165) is 10.8 Å². The van der Waals surface area contributed by atoms with Crippen molar-refractivity contribution in [1.82, 2.24) is 19.7 Å². The molecule has 8 nitrogen and oxygen atoms in total. The summed E-state index contributed by atoms with van der Waals surface area (Å²) >= 11 is 0. The minimum absolute atomic E-state index is 0.0902. The molecule has 0 radical (unpaired) electrons. The summed E-state index contributed by atoms with van der Waals surface area (Å²) < 4.78 is 0.749. The summed E-state index contributed by atoms with van der Waals surface area (Å²) in [6.45, 7) is 0. The van der Waals surface area contributed by atoms with E-state index in [4.69, 9.17) is 5.11 Å². The van der Waals surface area contributed by atoms with E-state index in [2.05, 4.69) is 15.2 Å². The Hall–Kier alpha value is -2.64. The number of carboxylic acids is 1. The van der Waals surface area contributed by atoms with E-state index < -0.39 is 17.3 Å². The maximum Gasteiger partial charge on any atom is 0.349 e. The molecular weight excluding hydrogens is 216 g/mol. The SMILES string of the molecule is O=C(O)c1cncc(-n2c(=O)[nH][nH]c2=O)c1. The predicted octanol–water partition coefficient (Wildman–Crippen LogP) is -1.05. The summed E-state index contributed by atoms with van der Waals surface area (Å²) in [5.41, 5.74) is -1.39. The highest BCUT2D eigenvalue weighted by Crippen LogP contribution is 2.04. The summed E-state index contributed by atoms with van der Waals surface area (Å²) in [5.74, 6) is -1.19. The number of carboxylic acid groups (broad SMARTS) is 1. The predicted molar refractivity (Wildman–Crippen MR) is 51.8 cm³/mol. The molecule has 0 aromatic carbocycles. The number of aromatic nitrogens is 4. The van der Waals surface area contributed by atoms with Crippen LogP contribution in [-0.2, 0) is 0 Å². The molecule has 0 spiro atoms. The van der Waals surface area contributed by atoms with Gasteiger partial charge in [0.25, 0.3) is 0 Å². The Morgan fingerprint density at radius 1 is 1.25 bits per heavy atom. The van der Waals surface area contributed by atoms with Gasteiger partial charge in [-0.25, -0.2) is 29.1 Å². The van der Waals surface area contributed by atoms with Crippen LogP contribution in [0, 0.1) is 0 Å². The van der Waals surface area contributed by atoms with E-state index in [1.165, 1.54) is 12.3 Å². The minimum Gasteiger partial charge on any atom is -0.478 e. The molecule has 8 heteroatoms. The summed E-state index contributed by atoms with van der Waals surface area (Å²) in [7, 11) is 0. The Balaban J connectivity index is 2.66. The van der Waals surface area contributed by atoms with Crippen LogP contribution in [-0.4, -0.2) is 30.8 Å². The van der Waals surface area contributed by atoms with Crippen molar-refractivity contribution in [3.63, 3.8) is 0 Å². The van der Waals surface area contributed by atoms with E-state index in [9.17, 15) is 14.4 Å². The van der Waals surface area contributed by atoms with Crippen LogP contribution in [0.2, 0.25) is 0 Å². The van der Waals surface area contributed by atoms with Crippen LogP contribution in [0.15, 0.2) is 28.0 Å². The van der Waals surface area contributed by atoms with Crippen molar-refractivity contribution in [2.45, 2.75) is 0 Å². The fourth-order valence-electron chi connectivity index (χ4n) is 1.21. The zero-order valence-electron chi connectivity index (χ0n) is 7.80. The average Bonchev–Trinajstić information content (AvgIpc) is 2.59. The molecule has 2 heterocycles. The summed E-state index contributed by atoms with van der Waals surface area (Å²) in [5, 5.41) is 12.9. The van der Waals surface area contributed by atoms with Gasteiger partial charge in [-0.05, 0) is 6.07 Å². The normalized spacial score (nSPS) is 10.2. The van der Waals surface area contributed by atoms with Gasteiger partial charge in [0.15, 0.2) is 0 Å². The number of aromatic amines is 2. The minimum atomic E-state index is -1.19. The molecule has 2 aromatic heterocycles. The number of nitrogens with one attached hydrogen (secondary N) is 2. The standard InChI is InChI=1S/C8H6N4O4/c13-6(14)4-1-5(3-9-2-4)12-7(15)10-11-8(12)16/h1-3H,(H,10,15)(H,11,16)(H,13,14). The lowest BCUT2D eigenvalue weighted by molar-refractivity contribution is 0.0696. The molecule has 0 amide bonds. The molecule has 2 rings (SSSR count). The van der Waals surface area contributed by atoms with Gasteiger partial charge in [-0.1, -0.05) is 0 Å². The first-order valence-electron chi connectivity index (χ1n) is 4.18. The number of aromatic carboxylic acids is 1. The number of carbonyl (C=O) groups is 1. The fourth-order valence-corrected chi connectivity index (χ4v) is 1.21. The number of pyridine rings is 1. The summed E-state index contributed by atoms with van der Waals surface area (Å²) in [4.78, 5) is 36.8. The highest BCUT2D eigenvalue weighted by Gasteiger charge is 2.09. The number of hydrogen-bond acceptors (Lipinski definition) is 4. The van der Waals surface area contributed by atoms with Crippen molar-refractivity contribution in [2.24, 2.45) is 0 Å². The van der Waals surface area contributed by atoms with Gasteiger partial charge in [0.1, 0.15) is 0 Å². The van der Waals surface area contributed by atoms with E-state index >= 15 is 0 Å². The largest absolute Gasteiger partial charge is 0.478 e. The zero-order valence-corrected chi connectivity index (χ0v) is 7.80. The molecule has 0 aliphatic carbocycles. The van der Waals surface area contributed by atoms with E-state index in [1.807, 2.05) is 0 Å². The molecule has 0 unspecified atom stereocenters. The van der Waals surface area contributed by atoms with Gasteiger partial charge < -0.3 is 5.11 Å². The van der Waals surface area contributed by atoms with Gasteiger partial charge in [-0.15, -0.1) is 0 Å². The molecular formula is C8H6N4O4. The second-order valence-electron chi connectivity index (χ2n) is 2.93. The molecule has 0 fully saturated rings. The van der Waals surface area contributed by atoms with Gasteiger partial charge in [0, 0.05) is 6.20 Å². The second kappa shape index (κ2) is 3.50. The van der Waals surface area contributed by atoms with Crippen LogP contribution < -0.4 is 11.4 Å².